The molecular formula is C15H26N2O2. The van der Waals surface area contributed by atoms with Gasteiger partial charge in [0.15, 0.2) is 0 Å². The van der Waals surface area contributed by atoms with Crippen LogP contribution in [0.2, 0.25) is 0 Å². The van der Waals surface area contributed by atoms with Crippen molar-refractivity contribution in [1.82, 2.24) is 0 Å². The summed E-state index contributed by atoms with van der Waals surface area (Å²) in [6.07, 6.45) is 0.990. The number of aliphatic hydroxyl groups is 1. The normalized spacial score (nSPS) is 12.2. The maximum absolute atomic E-state index is 9.02. The van der Waals surface area contributed by atoms with E-state index in [0.29, 0.717) is 12.6 Å². The number of aliphatic hydroxyl groups excluding tert-OH is 1. The first kappa shape index (κ1) is 15.8. The van der Waals surface area contributed by atoms with Gasteiger partial charge >= 0.3 is 0 Å². The molecule has 1 aromatic carbocycles. The van der Waals surface area contributed by atoms with Crippen LogP contribution in [0, 0.1) is 0 Å². The summed E-state index contributed by atoms with van der Waals surface area (Å²) in [5.74, 6) is 0. The van der Waals surface area contributed by atoms with Crippen molar-refractivity contribution in [2.75, 3.05) is 43.6 Å². The highest BCUT2D eigenvalue weighted by Gasteiger charge is 2.05. The third-order valence-corrected chi connectivity index (χ3v) is 3.15. The van der Waals surface area contributed by atoms with E-state index in [9.17, 15) is 0 Å². The lowest BCUT2D eigenvalue weighted by molar-refractivity contribution is 0.191. The number of rotatable bonds is 9. The van der Waals surface area contributed by atoms with Gasteiger partial charge in [0.2, 0.25) is 0 Å². The highest BCUT2D eigenvalue weighted by atomic mass is 16.5. The van der Waals surface area contributed by atoms with Crippen molar-refractivity contribution in [2.24, 2.45) is 0 Å². The van der Waals surface area contributed by atoms with E-state index >= 15 is 0 Å². The maximum Gasteiger partial charge on any atom is 0.0606 e. The van der Waals surface area contributed by atoms with Crippen molar-refractivity contribution in [3.63, 3.8) is 0 Å². The van der Waals surface area contributed by atoms with E-state index in [2.05, 4.69) is 48.3 Å². The van der Waals surface area contributed by atoms with Crippen LogP contribution in [0.1, 0.15) is 20.3 Å². The van der Waals surface area contributed by atoms with Crippen molar-refractivity contribution < 1.29 is 9.84 Å². The van der Waals surface area contributed by atoms with E-state index in [4.69, 9.17) is 9.84 Å². The molecule has 4 heteroatoms. The van der Waals surface area contributed by atoms with Gasteiger partial charge in [-0.2, -0.15) is 0 Å². The Morgan fingerprint density at radius 2 is 2.00 bits per heavy atom. The summed E-state index contributed by atoms with van der Waals surface area (Å²) in [7, 11) is 1.72. The van der Waals surface area contributed by atoms with Crippen LogP contribution in [0.4, 0.5) is 11.4 Å². The maximum atomic E-state index is 9.02. The number of nitrogens with zero attached hydrogens (tertiary/aromatic N) is 1. The molecule has 0 aliphatic rings. The molecule has 1 atom stereocenters. The SMILES string of the molecule is CCN(CCO)c1ccc(NC(C)CCOC)cc1. The quantitative estimate of drug-likeness (QED) is 0.720. The van der Waals surface area contributed by atoms with Crippen LogP contribution in [0.25, 0.3) is 0 Å². The molecule has 0 fully saturated rings. The Kier molecular flexibility index (Phi) is 7.30. The second-order valence-corrected chi connectivity index (χ2v) is 4.68. The van der Waals surface area contributed by atoms with Crippen LogP contribution in [-0.2, 0) is 4.74 Å². The van der Waals surface area contributed by atoms with Gasteiger partial charge in [0.05, 0.1) is 6.61 Å². The molecule has 0 bridgehead atoms. The smallest absolute Gasteiger partial charge is 0.0606 e. The molecule has 1 unspecified atom stereocenters. The van der Waals surface area contributed by atoms with Crippen molar-refractivity contribution >= 4 is 11.4 Å². The minimum atomic E-state index is 0.182. The van der Waals surface area contributed by atoms with E-state index in [0.717, 1.165) is 30.9 Å². The van der Waals surface area contributed by atoms with Gasteiger partial charge in [-0.25, -0.2) is 0 Å². The van der Waals surface area contributed by atoms with Crippen molar-refractivity contribution in [1.29, 1.82) is 0 Å². The first-order valence-electron chi connectivity index (χ1n) is 6.92. The number of ether oxygens (including phenoxy) is 1. The highest BCUT2D eigenvalue weighted by Crippen LogP contribution is 2.18. The van der Waals surface area contributed by atoms with Gasteiger partial charge < -0.3 is 20.1 Å². The van der Waals surface area contributed by atoms with E-state index < -0.39 is 0 Å². The molecule has 1 aromatic rings. The minimum absolute atomic E-state index is 0.182. The molecule has 4 nitrogen and oxygen atoms in total. The van der Waals surface area contributed by atoms with Crippen molar-refractivity contribution in [2.45, 2.75) is 26.3 Å². The zero-order chi connectivity index (χ0) is 14.1. The molecule has 19 heavy (non-hydrogen) atoms. The molecule has 0 aliphatic heterocycles. The molecule has 0 amide bonds. The number of nitrogens with one attached hydrogen (secondary N) is 1. The zero-order valence-electron chi connectivity index (χ0n) is 12.2. The summed E-state index contributed by atoms with van der Waals surface area (Å²) in [6.45, 7) is 6.77. The Balaban J connectivity index is 2.55. The molecule has 0 aliphatic carbocycles. The molecule has 0 saturated heterocycles. The number of hydrogen-bond acceptors (Lipinski definition) is 4. The summed E-state index contributed by atoms with van der Waals surface area (Å²) in [6, 6.07) is 8.73. The molecular weight excluding hydrogens is 240 g/mol. The Bertz CT molecular complexity index is 341. The fourth-order valence-electron chi connectivity index (χ4n) is 2.01. The molecule has 1 rings (SSSR count). The lowest BCUT2D eigenvalue weighted by atomic mass is 10.2. The second kappa shape index (κ2) is 8.77. The topological polar surface area (TPSA) is 44.7 Å². The second-order valence-electron chi connectivity index (χ2n) is 4.68. The van der Waals surface area contributed by atoms with Gasteiger partial charge in [-0.3, -0.25) is 0 Å². The Hall–Kier alpha value is -1.26. The van der Waals surface area contributed by atoms with Crippen LogP contribution in [0.15, 0.2) is 24.3 Å². The predicted molar refractivity (Wildman–Crippen MR) is 81.0 cm³/mol. The predicted octanol–water partition coefficient (Wildman–Crippen LogP) is 2.34. The molecule has 0 radical (unpaired) electrons. The summed E-state index contributed by atoms with van der Waals surface area (Å²) in [5, 5.41) is 12.5. The summed E-state index contributed by atoms with van der Waals surface area (Å²) in [4.78, 5) is 2.15. The first-order valence-corrected chi connectivity index (χ1v) is 6.92. The molecule has 0 spiro atoms. The number of hydrogen-bond donors (Lipinski definition) is 2. The highest BCUT2D eigenvalue weighted by molar-refractivity contribution is 5.55. The van der Waals surface area contributed by atoms with Gasteiger partial charge in [-0.1, -0.05) is 0 Å². The molecule has 0 heterocycles. The van der Waals surface area contributed by atoms with Crippen LogP contribution >= 0.6 is 0 Å². The Morgan fingerprint density at radius 3 is 2.53 bits per heavy atom. The Labute approximate surface area is 116 Å². The van der Waals surface area contributed by atoms with Gasteiger partial charge in [-0.15, -0.1) is 0 Å². The average molecular weight is 266 g/mol. The van der Waals surface area contributed by atoms with Crippen LogP contribution in [0.5, 0.6) is 0 Å². The summed E-state index contributed by atoms with van der Waals surface area (Å²) in [5.41, 5.74) is 2.26. The monoisotopic (exact) mass is 266 g/mol. The largest absolute Gasteiger partial charge is 0.395 e. The van der Waals surface area contributed by atoms with E-state index in [1.807, 2.05) is 0 Å². The standard InChI is InChI=1S/C15H26N2O2/c1-4-17(10-11-18)15-7-5-14(6-8-15)16-13(2)9-12-19-3/h5-8,13,16,18H,4,9-12H2,1-3H3. The third-order valence-electron chi connectivity index (χ3n) is 3.15. The summed E-state index contributed by atoms with van der Waals surface area (Å²) < 4.78 is 5.07. The lowest BCUT2D eigenvalue weighted by Crippen LogP contribution is -2.26. The minimum Gasteiger partial charge on any atom is -0.395 e. The molecule has 2 N–H and O–H groups in total. The van der Waals surface area contributed by atoms with Gasteiger partial charge in [0, 0.05) is 44.2 Å². The summed E-state index contributed by atoms with van der Waals surface area (Å²) >= 11 is 0. The fraction of sp³-hybridized carbons (Fsp3) is 0.600. The zero-order valence-corrected chi connectivity index (χ0v) is 12.2. The van der Waals surface area contributed by atoms with E-state index in [1.54, 1.807) is 7.11 Å². The number of likely N-dealkylation sites (N-methyl/N-ethyl adjacent to an activating group) is 1. The van der Waals surface area contributed by atoms with Crippen LogP contribution in [0.3, 0.4) is 0 Å². The van der Waals surface area contributed by atoms with Gasteiger partial charge in [0.1, 0.15) is 0 Å². The Morgan fingerprint density at radius 1 is 1.32 bits per heavy atom. The third kappa shape index (κ3) is 5.49. The average Bonchev–Trinajstić information content (AvgIpc) is 2.43. The molecule has 0 aromatic heterocycles. The van der Waals surface area contributed by atoms with Crippen LogP contribution in [-0.4, -0.2) is 44.6 Å². The van der Waals surface area contributed by atoms with E-state index in [1.165, 1.54) is 0 Å². The molecule has 108 valence electrons. The first-order chi connectivity index (χ1) is 9.21. The van der Waals surface area contributed by atoms with Crippen molar-refractivity contribution in [3.8, 4) is 0 Å². The van der Waals surface area contributed by atoms with E-state index in [-0.39, 0.29) is 6.61 Å². The van der Waals surface area contributed by atoms with Gasteiger partial charge in [-0.05, 0) is 44.5 Å². The van der Waals surface area contributed by atoms with Crippen LogP contribution < -0.4 is 10.2 Å². The number of benzene rings is 1. The number of methoxy groups -OCH3 is 1. The lowest BCUT2D eigenvalue weighted by Gasteiger charge is -2.22. The fourth-order valence-corrected chi connectivity index (χ4v) is 2.01. The number of anilines is 2. The van der Waals surface area contributed by atoms with Crippen molar-refractivity contribution in [3.05, 3.63) is 24.3 Å². The molecule has 0 saturated carbocycles. The van der Waals surface area contributed by atoms with Gasteiger partial charge in [0.25, 0.3) is 0 Å².